The zero-order chi connectivity index (χ0) is 37.9. The molecule has 0 spiro atoms. The van der Waals surface area contributed by atoms with Gasteiger partial charge in [0.25, 0.3) is 0 Å². The number of fused-ring (bicyclic) bond motifs is 6. The third kappa shape index (κ3) is 5.32. The number of rotatable bonds is 5. The second-order valence-corrected chi connectivity index (χ2v) is 15.1. The molecule has 11 rings (SSSR count). The fraction of sp³-hybridized carbons (Fsp3) is 0.0364. The molecule has 266 valence electrons. The van der Waals surface area contributed by atoms with E-state index in [1.54, 1.807) is 0 Å². The molecular formula is C55H36N2. The molecule has 2 aliphatic rings. The summed E-state index contributed by atoms with van der Waals surface area (Å²) in [5, 5.41) is 17.3. The highest BCUT2D eigenvalue weighted by Gasteiger charge is 2.38. The molecule has 0 saturated heterocycles. The number of nitriles is 1. The molecule has 9 aromatic rings. The Morgan fingerprint density at radius 1 is 0.439 bits per heavy atom. The molecular weight excluding hydrogens is 689 g/mol. The Morgan fingerprint density at radius 2 is 0.947 bits per heavy atom. The first kappa shape index (κ1) is 32.9. The van der Waals surface area contributed by atoms with Gasteiger partial charge in [-0.1, -0.05) is 170 Å². The molecule has 1 heterocycles. The van der Waals surface area contributed by atoms with Crippen LogP contribution in [0.2, 0.25) is 0 Å². The highest BCUT2D eigenvalue weighted by molar-refractivity contribution is 6.22. The Bertz CT molecular complexity index is 3130. The number of hydrogen-bond acceptors (Lipinski definition) is 2. The van der Waals surface area contributed by atoms with Crippen LogP contribution >= 0.6 is 0 Å². The van der Waals surface area contributed by atoms with Crippen LogP contribution in [-0.4, -0.2) is 6.04 Å². The van der Waals surface area contributed by atoms with Gasteiger partial charge >= 0.3 is 0 Å². The van der Waals surface area contributed by atoms with Crippen molar-refractivity contribution < 1.29 is 0 Å². The maximum Gasteiger partial charge on any atom is 0.0988 e. The van der Waals surface area contributed by atoms with Gasteiger partial charge in [-0.3, -0.25) is 0 Å². The molecule has 0 saturated carbocycles. The van der Waals surface area contributed by atoms with Crippen LogP contribution in [0.1, 0.15) is 11.5 Å². The summed E-state index contributed by atoms with van der Waals surface area (Å²) < 4.78 is 0. The Labute approximate surface area is 332 Å². The fourth-order valence-corrected chi connectivity index (χ4v) is 9.50. The van der Waals surface area contributed by atoms with E-state index in [9.17, 15) is 5.26 Å². The van der Waals surface area contributed by atoms with E-state index in [0.29, 0.717) is 5.57 Å². The Balaban J connectivity index is 1.10. The van der Waals surface area contributed by atoms with Gasteiger partial charge < -0.3 is 4.90 Å². The highest BCUT2D eigenvalue weighted by Crippen LogP contribution is 2.51. The van der Waals surface area contributed by atoms with E-state index in [1.165, 1.54) is 88.1 Å². The van der Waals surface area contributed by atoms with Gasteiger partial charge in [0, 0.05) is 22.9 Å². The van der Waals surface area contributed by atoms with Crippen molar-refractivity contribution in [1.82, 2.24) is 0 Å². The molecule has 2 atom stereocenters. The van der Waals surface area contributed by atoms with E-state index in [2.05, 4.69) is 211 Å². The molecule has 0 amide bonds. The van der Waals surface area contributed by atoms with Gasteiger partial charge in [0.1, 0.15) is 0 Å². The lowest BCUT2D eigenvalue weighted by molar-refractivity contribution is 0.741. The molecule has 0 aromatic heterocycles. The molecule has 0 bridgehead atoms. The van der Waals surface area contributed by atoms with E-state index >= 15 is 0 Å². The van der Waals surface area contributed by atoms with Crippen LogP contribution < -0.4 is 4.90 Å². The number of anilines is 2. The number of nitrogens with zero attached hydrogens (tertiary/aromatic N) is 2. The number of benzene rings is 9. The first-order chi connectivity index (χ1) is 28.2. The van der Waals surface area contributed by atoms with Gasteiger partial charge in [0.2, 0.25) is 0 Å². The summed E-state index contributed by atoms with van der Waals surface area (Å²) in [6.45, 7) is 0. The zero-order valence-corrected chi connectivity index (χ0v) is 31.2. The predicted octanol–water partition coefficient (Wildman–Crippen LogP) is 14.4. The Morgan fingerprint density at radius 3 is 1.56 bits per heavy atom. The molecule has 1 aliphatic heterocycles. The van der Waals surface area contributed by atoms with E-state index in [-0.39, 0.29) is 12.0 Å². The first-order valence-electron chi connectivity index (χ1n) is 19.7. The summed E-state index contributed by atoms with van der Waals surface area (Å²) in [5.74, 6) is 0.179. The minimum atomic E-state index is 0.0460. The van der Waals surface area contributed by atoms with E-state index in [4.69, 9.17) is 0 Å². The molecule has 0 N–H and O–H groups in total. The minimum Gasteiger partial charge on any atom is -0.333 e. The third-order valence-corrected chi connectivity index (χ3v) is 12.0. The lowest BCUT2D eigenvalue weighted by Gasteiger charge is -2.29. The van der Waals surface area contributed by atoms with Crippen molar-refractivity contribution in [2.75, 3.05) is 4.90 Å². The predicted molar refractivity (Wildman–Crippen MR) is 239 cm³/mol. The van der Waals surface area contributed by atoms with Gasteiger partial charge in [-0.2, -0.15) is 5.26 Å². The molecule has 2 heteroatoms. The van der Waals surface area contributed by atoms with Crippen LogP contribution in [0.4, 0.5) is 11.4 Å². The second kappa shape index (κ2) is 13.4. The molecule has 2 unspecified atom stereocenters. The van der Waals surface area contributed by atoms with Crippen LogP contribution in [-0.2, 0) is 0 Å². The summed E-state index contributed by atoms with van der Waals surface area (Å²) in [4.78, 5) is 2.41. The molecule has 9 aromatic carbocycles. The van der Waals surface area contributed by atoms with Crippen LogP contribution in [0.5, 0.6) is 0 Å². The van der Waals surface area contributed by atoms with E-state index in [0.717, 1.165) is 5.69 Å². The Kier molecular flexibility index (Phi) is 7.73. The van der Waals surface area contributed by atoms with Crippen molar-refractivity contribution in [1.29, 1.82) is 5.26 Å². The van der Waals surface area contributed by atoms with Crippen molar-refractivity contribution in [3.8, 4) is 50.6 Å². The third-order valence-electron chi connectivity index (χ3n) is 12.0. The topological polar surface area (TPSA) is 27.0 Å². The smallest absolute Gasteiger partial charge is 0.0988 e. The minimum absolute atomic E-state index is 0.0460. The van der Waals surface area contributed by atoms with Crippen LogP contribution in [0.3, 0.4) is 0 Å². The van der Waals surface area contributed by atoms with Crippen LogP contribution in [0, 0.1) is 11.3 Å². The monoisotopic (exact) mass is 724 g/mol. The average molecular weight is 725 g/mol. The van der Waals surface area contributed by atoms with Gasteiger partial charge in [-0.25, -0.2) is 0 Å². The normalized spacial score (nSPS) is 15.7. The molecule has 1 aliphatic carbocycles. The molecule has 0 fully saturated rings. The maximum absolute atomic E-state index is 9.81. The quantitative estimate of drug-likeness (QED) is 0.165. The van der Waals surface area contributed by atoms with E-state index < -0.39 is 0 Å². The van der Waals surface area contributed by atoms with Gasteiger partial charge in [0.15, 0.2) is 0 Å². The number of hydrogen-bond donors (Lipinski definition) is 0. The fourth-order valence-electron chi connectivity index (χ4n) is 9.50. The maximum atomic E-state index is 9.81. The van der Waals surface area contributed by atoms with Crippen molar-refractivity contribution in [2.45, 2.75) is 12.0 Å². The highest BCUT2D eigenvalue weighted by atomic mass is 15.2. The standard InChI is InChI=1S/C55H36N2/c56-35-36-24-27-46-47-28-25-40(34-53(47)57(52(46)32-36)41-18-8-3-9-19-41)43-31-30-42(44-20-10-11-21-45(43)44)39-26-29-50-51(33-39)55(38-16-6-2-7-17-38)49-23-13-12-22-48(49)54(50)37-14-4-1-5-15-37/h1-34,46,52H. The van der Waals surface area contributed by atoms with Crippen molar-refractivity contribution >= 4 is 43.7 Å². The first-order valence-corrected chi connectivity index (χ1v) is 19.7. The number of para-hydroxylation sites is 1. The van der Waals surface area contributed by atoms with Gasteiger partial charge in [-0.05, 0) is 119 Å². The van der Waals surface area contributed by atoms with Gasteiger partial charge in [-0.15, -0.1) is 0 Å². The van der Waals surface area contributed by atoms with Crippen molar-refractivity contribution in [3.63, 3.8) is 0 Å². The largest absolute Gasteiger partial charge is 0.333 e. The van der Waals surface area contributed by atoms with Crippen molar-refractivity contribution in [2.24, 2.45) is 0 Å². The summed E-state index contributed by atoms with van der Waals surface area (Å²) >= 11 is 0. The van der Waals surface area contributed by atoms with Crippen LogP contribution in [0.15, 0.2) is 212 Å². The summed E-state index contributed by atoms with van der Waals surface area (Å²) in [6, 6.07) is 71.0. The summed E-state index contributed by atoms with van der Waals surface area (Å²) in [6.07, 6.45) is 6.30. The van der Waals surface area contributed by atoms with Gasteiger partial charge in [0.05, 0.1) is 12.1 Å². The average Bonchev–Trinajstić information content (AvgIpc) is 3.61. The zero-order valence-electron chi connectivity index (χ0n) is 31.2. The number of allylic oxidation sites excluding steroid dienone is 2. The Hall–Kier alpha value is -7.47. The van der Waals surface area contributed by atoms with Crippen LogP contribution in [0.25, 0.3) is 76.8 Å². The SMILES string of the molecule is N#CC1=CC2C(C=C1)c1ccc(-c3ccc(-c4ccc5c(-c6ccccc6)c6ccccc6c(-c6ccccc6)c5c4)c4ccccc34)cc1N2c1ccccc1. The van der Waals surface area contributed by atoms with E-state index in [1.807, 2.05) is 6.08 Å². The lowest BCUT2D eigenvalue weighted by Crippen LogP contribution is -2.29. The molecule has 0 radical (unpaired) electrons. The summed E-state index contributed by atoms with van der Waals surface area (Å²) in [7, 11) is 0. The summed E-state index contributed by atoms with van der Waals surface area (Å²) in [5.41, 5.74) is 14.0. The molecule has 2 nitrogen and oxygen atoms in total. The van der Waals surface area contributed by atoms with Crippen molar-refractivity contribution in [3.05, 3.63) is 217 Å². The molecule has 57 heavy (non-hydrogen) atoms. The second-order valence-electron chi connectivity index (χ2n) is 15.1. The lowest BCUT2D eigenvalue weighted by atomic mass is 9.84.